The van der Waals surface area contributed by atoms with Crippen molar-refractivity contribution in [3.63, 3.8) is 0 Å². The summed E-state index contributed by atoms with van der Waals surface area (Å²) >= 11 is 0. The Bertz CT molecular complexity index is 1070. The molecule has 0 unspecified atom stereocenters. The summed E-state index contributed by atoms with van der Waals surface area (Å²) in [5, 5.41) is 4.50. The Morgan fingerprint density at radius 1 is 1.03 bits per heavy atom. The Kier molecular flexibility index (Phi) is 5.58. The van der Waals surface area contributed by atoms with Crippen LogP contribution >= 0.6 is 0 Å². The van der Waals surface area contributed by atoms with Crippen molar-refractivity contribution in [2.24, 2.45) is 0 Å². The lowest BCUT2D eigenvalue weighted by molar-refractivity contribution is -0.121. The molecule has 0 saturated heterocycles. The van der Waals surface area contributed by atoms with Crippen LogP contribution < -0.4 is 14.8 Å². The minimum absolute atomic E-state index is 0.00232. The number of para-hydroxylation sites is 1. The zero-order chi connectivity index (χ0) is 21.1. The number of aromatic amines is 1. The Hall–Kier alpha value is -2.95. The van der Waals surface area contributed by atoms with Gasteiger partial charge in [0.2, 0.25) is 5.91 Å². The second-order valence-electron chi connectivity index (χ2n) is 8.84. The maximum Gasteiger partial charge on any atom is 0.220 e. The van der Waals surface area contributed by atoms with Crippen LogP contribution in [-0.4, -0.2) is 30.6 Å². The molecule has 1 amide bonds. The van der Waals surface area contributed by atoms with E-state index in [1.807, 2.05) is 12.1 Å². The van der Waals surface area contributed by atoms with E-state index >= 15 is 0 Å². The number of aryl methyl sites for hydroxylation is 1. The van der Waals surface area contributed by atoms with Crippen LogP contribution in [0.15, 0.2) is 48.7 Å². The second-order valence-corrected chi connectivity index (χ2v) is 8.84. The standard InChI is InChI=1S/C26H30N2O3/c29-25(9-5-6-19-17-27-22-8-2-1-7-21(19)22)28-18-26(12-3-4-13-26)20-10-11-23-24(16-20)31-15-14-30-23/h1-2,7-8,10-11,16-17,27H,3-6,9,12-15,18H2,(H,28,29). The summed E-state index contributed by atoms with van der Waals surface area (Å²) in [4.78, 5) is 15.9. The summed E-state index contributed by atoms with van der Waals surface area (Å²) in [5.74, 6) is 1.80. The first kappa shape index (κ1) is 20.0. The SMILES string of the molecule is O=C(CCCc1c[nH]c2ccccc12)NCC1(c2ccc3c(c2)OCCO3)CCCC1. The van der Waals surface area contributed by atoms with Gasteiger partial charge in [-0.3, -0.25) is 4.79 Å². The van der Waals surface area contributed by atoms with Crippen LogP contribution in [0.4, 0.5) is 0 Å². The summed E-state index contributed by atoms with van der Waals surface area (Å²) < 4.78 is 11.5. The van der Waals surface area contributed by atoms with Crippen LogP contribution in [0, 0.1) is 0 Å². The van der Waals surface area contributed by atoms with Crippen molar-refractivity contribution in [3.8, 4) is 11.5 Å². The zero-order valence-corrected chi connectivity index (χ0v) is 17.9. The van der Waals surface area contributed by atoms with Crippen LogP contribution in [0.3, 0.4) is 0 Å². The molecule has 0 radical (unpaired) electrons. The van der Waals surface area contributed by atoms with Gasteiger partial charge in [-0.25, -0.2) is 0 Å². The lowest BCUT2D eigenvalue weighted by Gasteiger charge is -2.31. The van der Waals surface area contributed by atoms with Crippen molar-refractivity contribution in [1.82, 2.24) is 10.3 Å². The fraction of sp³-hybridized carbons (Fsp3) is 0.423. The molecule has 5 heteroatoms. The van der Waals surface area contributed by atoms with Gasteiger partial charge in [0, 0.05) is 35.5 Å². The molecule has 0 atom stereocenters. The quantitative estimate of drug-likeness (QED) is 0.574. The third-order valence-electron chi connectivity index (χ3n) is 6.86. The Balaban J connectivity index is 1.19. The predicted molar refractivity (Wildman–Crippen MR) is 122 cm³/mol. The maximum atomic E-state index is 12.6. The van der Waals surface area contributed by atoms with E-state index in [1.54, 1.807) is 0 Å². The van der Waals surface area contributed by atoms with E-state index in [9.17, 15) is 4.79 Å². The number of H-pyrrole nitrogens is 1. The van der Waals surface area contributed by atoms with E-state index in [0.29, 0.717) is 26.2 Å². The summed E-state index contributed by atoms with van der Waals surface area (Å²) in [6.45, 7) is 1.89. The molecule has 2 heterocycles. The molecule has 162 valence electrons. The number of ether oxygens (including phenoxy) is 2. The topological polar surface area (TPSA) is 63.4 Å². The molecule has 2 aromatic carbocycles. The smallest absolute Gasteiger partial charge is 0.220 e. The maximum absolute atomic E-state index is 12.6. The lowest BCUT2D eigenvalue weighted by atomic mass is 9.78. The molecule has 1 aliphatic heterocycles. The van der Waals surface area contributed by atoms with Crippen molar-refractivity contribution < 1.29 is 14.3 Å². The van der Waals surface area contributed by atoms with E-state index in [1.165, 1.54) is 29.4 Å². The molecule has 5 nitrogen and oxygen atoms in total. The number of benzene rings is 2. The van der Waals surface area contributed by atoms with Crippen LogP contribution in [0.2, 0.25) is 0 Å². The molecule has 0 spiro atoms. The zero-order valence-electron chi connectivity index (χ0n) is 17.9. The van der Waals surface area contributed by atoms with Gasteiger partial charge in [-0.2, -0.15) is 0 Å². The number of carbonyl (C=O) groups excluding carboxylic acids is 1. The Morgan fingerprint density at radius 2 is 1.84 bits per heavy atom. The number of carbonyl (C=O) groups is 1. The van der Waals surface area contributed by atoms with Gasteiger partial charge in [0.25, 0.3) is 0 Å². The molecule has 1 aliphatic carbocycles. The van der Waals surface area contributed by atoms with Gasteiger partial charge < -0.3 is 19.8 Å². The summed E-state index contributed by atoms with van der Waals surface area (Å²) in [7, 11) is 0. The van der Waals surface area contributed by atoms with E-state index in [-0.39, 0.29) is 11.3 Å². The van der Waals surface area contributed by atoms with Crippen molar-refractivity contribution in [2.75, 3.05) is 19.8 Å². The van der Waals surface area contributed by atoms with Gasteiger partial charge in [0.1, 0.15) is 13.2 Å². The molecule has 1 fully saturated rings. The highest BCUT2D eigenvalue weighted by Crippen LogP contribution is 2.43. The van der Waals surface area contributed by atoms with Crippen LogP contribution in [0.5, 0.6) is 11.5 Å². The molecule has 1 saturated carbocycles. The van der Waals surface area contributed by atoms with Crippen molar-refractivity contribution in [2.45, 2.75) is 50.4 Å². The fourth-order valence-corrected chi connectivity index (χ4v) is 5.13. The van der Waals surface area contributed by atoms with E-state index in [2.05, 4.69) is 46.8 Å². The minimum Gasteiger partial charge on any atom is -0.486 e. The number of hydrogen-bond donors (Lipinski definition) is 2. The highest BCUT2D eigenvalue weighted by atomic mass is 16.6. The summed E-state index contributed by atoms with van der Waals surface area (Å²) in [6.07, 6.45) is 8.98. The van der Waals surface area contributed by atoms with E-state index in [4.69, 9.17) is 9.47 Å². The first-order chi connectivity index (χ1) is 15.2. The van der Waals surface area contributed by atoms with Gasteiger partial charge in [0.15, 0.2) is 11.5 Å². The minimum atomic E-state index is 0.00232. The summed E-state index contributed by atoms with van der Waals surface area (Å²) in [5.41, 5.74) is 3.70. The predicted octanol–water partition coefficient (Wildman–Crippen LogP) is 4.89. The number of fused-ring (bicyclic) bond motifs is 2. The van der Waals surface area contributed by atoms with Crippen LogP contribution in [0.1, 0.15) is 49.7 Å². The normalized spacial score (nSPS) is 17.0. The molecule has 3 aromatic rings. The molecular formula is C26H30N2O3. The average Bonchev–Trinajstić information content (AvgIpc) is 3.46. The number of rotatable bonds is 7. The molecule has 1 aromatic heterocycles. The Morgan fingerprint density at radius 3 is 2.71 bits per heavy atom. The summed E-state index contributed by atoms with van der Waals surface area (Å²) in [6, 6.07) is 14.6. The van der Waals surface area contributed by atoms with Gasteiger partial charge in [-0.05, 0) is 55.0 Å². The highest BCUT2D eigenvalue weighted by Gasteiger charge is 2.36. The molecule has 5 rings (SSSR count). The van der Waals surface area contributed by atoms with Gasteiger partial charge in [-0.15, -0.1) is 0 Å². The van der Waals surface area contributed by atoms with Gasteiger partial charge >= 0.3 is 0 Å². The average molecular weight is 419 g/mol. The van der Waals surface area contributed by atoms with E-state index in [0.717, 1.165) is 42.7 Å². The third-order valence-corrected chi connectivity index (χ3v) is 6.86. The third kappa shape index (κ3) is 4.14. The Labute approximate surface area is 183 Å². The molecule has 31 heavy (non-hydrogen) atoms. The molecule has 0 bridgehead atoms. The monoisotopic (exact) mass is 418 g/mol. The number of amides is 1. The van der Waals surface area contributed by atoms with Crippen molar-refractivity contribution in [1.29, 1.82) is 0 Å². The number of hydrogen-bond acceptors (Lipinski definition) is 3. The van der Waals surface area contributed by atoms with Crippen LogP contribution in [-0.2, 0) is 16.6 Å². The van der Waals surface area contributed by atoms with Gasteiger partial charge in [-0.1, -0.05) is 37.1 Å². The molecular weight excluding hydrogens is 388 g/mol. The van der Waals surface area contributed by atoms with E-state index < -0.39 is 0 Å². The van der Waals surface area contributed by atoms with Crippen molar-refractivity contribution in [3.05, 3.63) is 59.8 Å². The number of nitrogens with one attached hydrogen (secondary N) is 2. The van der Waals surface area contributed by atoms with Crippen molar-refractivity contribution >= 4 is 16.8 Å². The highest BCUT2D eigenvalue weighted by molar-refractivity contribution is 5.83. The molecule has 2 aliphatic rings. The first-order valence-electron chi connectivity index (χ1n) is 11.5. The second kappa shape index (κ2) is 8.66. The fourth-order valence-electron chi connectivity index (χ4n) is 5.13. The van der Waals surface area contributed by atoms with Crippen LogP contribution in [0.25, 0.3) is 10.9 Å². The first-order valence-corrected chi connectivity index (χ1v) is 11.5. The number of aromatic nitrogens is 1. The largest absolute Gasteiger partial charge is 0.486 e. The molecule has 2 N–H and O–H groups in total. The van der Waals surface area contributed by atoms with Gasteiger partial charge in [0.05, 0.1) is 0 Å². The lowest BCUT2D eigenvalue weighted by Crippen LogP contribution is -2.39.